The van der Waals surface area contributed by atoms with Gasteiger partial charge in [-0.05, 0) is 70.3 Å². The highest BCUT2D eigenvalue weighted by molar-refractivity contribution is 7.91. The van der Waals surface area contributed by atoms with Crippen LogP contribution in [0.2, 0.25) is 10.0 Å². The lowest BCUT2D eigenvalue weighted by Gasteiger charge is -2.25. The van der Waals surface area contributed by atoms with E-state index in [0.717, 1.165) is 11.1 Å². The van der Waals surface area contributed by atoms with Gasteiger partial charge in [-0.25, -0.2) is 13.2 Å². The first-order valence-corrected chi connectivity index (χ1v) is 15.9. The highest BCUT2D eigenvalue weighted by Crippen LogP contribution is 2.28. The third-order valence-corrected chi connectivity index (χ3v) is 8.77. The molecule has 0 fully saturated rings. The average molecular weight is 626 g/mol. The smallest absolute Gasteiger partial charge is 0.416 e. The maximum Gasteiger partial charge on any atom is 0.416 e. The second-order valence-corrected chi connectivity index (χ2v) is 13.8. The minimum atomic E-state index is -3.62. The number of rotatable bonds is 11. The predicted molar refractivity (Wildman–Crippen MR) is 162 cm³/mol. The van der Waals surface area contributed by atoms with Crippen molar-refractivity contribution in [2.75, 3.05) is 32.6 Å². The van der Waals surface area contributed by atoms with E-state index in [0.29, 0.717) is 61.9 Å². The van der Waals surface area contributed by atoms with E-state index in [-0.39, 0.29) is 21.7 Å². The number of nitrogens with one attached hydrogen (secondary N) is 1. The number of aryl methyl sites for hydroxylation is 1. The fourth-order valence-corrected chi connectivity index (χ4v) is 6.20. The maximum absolute atomic E-state index is 12.6. The van der Waals surface area contributed by atoms with Crippen molar-refractivity contribution in [2.45, 2.75) is 64.0 Å². The highest BCUT2D eigenvalue weighted by atomic mass is 35.5. The maximum atomic E-state index is 12.6. The van der Waals surface area contributed by atoms with Crippen LogP contribution in [0.4, 0.5) is 4.79 Å². The fourth-order valence-electron chi connectivity index (χ4n) is 4.18. The Balaban J connectivity index is 1.41. The van der Waals surface area contributed by atoms with Crippen molar-refractivity contribution in [2.24, 2.45) is 4.99 Å². The van der Waals surface area contributed by atoms with Crippen LogP contribution in [0.3, 0.4) is 0 Å². The van der Waals surface area contributed by atoms with Crippen LogP contribution in [0.25, 0.3) is 0 Å². The molecule has 0 atom stereocenters. The molecule has 0 bridgehead atoms. The van der Waals surface area contributed by atoms with Gasteiger partial charge in [-0.15, -0.1) is 0 Å². The molecule has 3 rings (SSSR count). The largest absolute Gasteiger partial charge is 0.443 e. The van der Waals surface area contributed by atoms with Crippen LogP contribution in [0.5, 0.6) is 0 Å². The molecule has 0 aliphatic carbocycles. The van der Waals surface area contributed by atoms with Crippen molar-refractivity contribution >= 4 is 50.9 Å². The van der Waals surface area contributed by atoms with E-state index in [1.807, 2.05) is 45.0 Å². The lowest BCUT2D eigenvalue weighted by molar-refractivity contribution is -0.130. The van der Waals surface area contributed by atoms with Gasteiger partial charge in [-0.2, -0.15) is 0 Å². The van der Waals surface area contributed by atoms with E-state index in [1.165, 1.54) is 12.1 Å². The Kier molecular flexibility index (Phi) is 11.2. The third kappa shape index (κ3) is 9.43. The number of hydrogen-bond acceptors (Lipinski definition) is 7. The Bertz CT molecular complexity index is 1390. The van der Waals surface area contributed by atoms with Crippen LogP contribution in [0.1, 0.15) is 56.7 Å². The molecule has 0 unspecified atom stereocenters. The molecule has 12 heteroatoms. The van der Waals surface area contributed by atoms with Gasteiger partial charge >= 0.3 is 6.09 Å². The highest BCUT2D eigenvalue weighted by Gasteiger charge is 2.29. The van der Waals surface area contributed by atoms with E-state index in [9.17, 15) is 18.0 Å². The van der Waals surface area contributed by atoms with E-state index < -0.39 is 21.5 Å². The number of hydrogen-bond donors (Lipinski definition) is 1. The molecule has 1 N–H and O–H groups in total. The minimum absolute atomic E-state index is 0.00129. The Morgan fingerprint density at radius 2 is 1.78 bits per heavy atom. The molecule has 9 nitrogen and oxygen atoms in total. The van der Waals surface area contributed by atoms with E-state index >= 15 is 0 Å². The third-order valence-electron chi connectivity index (χ3n) is 6.35. The number of carbonyl (C=O) groups excluding carboxylic acids is 2. The Hall–Kier alpha value is -2.66. The normalized spacial score (nSPS) is 13.7. The first-order chi connectivity index (χ1) is 19.2. The number of amidine groups is 1. The fraction of sp³-hybridized carbons (Fsp3) is 0.483. The summed E-state index contributed by atoms with van der Waals surface area (Å²) in [6.07, 6.45) is 1.21. The SMILES string of the molecule is Cc1cc(S(=O)(=O)CNCCCCC(=O)N(C)Cc2ccc(C3=NCCN3C(=O)OC(C)(C)C)cc2)c(Cl)cc1Cl. The molecule has 1 aliphatic heterocycles. The Labute approximate surface area is 252 Å². The zero-order valence-electron chi connectivity index (χ0n) is 24.2. The lowest BCUT2D eigenvalue weighted by atomic mass is 10.1. The number of amides is 2. The minimum Gasteiger partial charge on any atom is -0.443 e. The molecular formula is C29H38Cl2N4O5S. The second kappa shape index (κ2) is 14.0. The van der Waals surface area contributed by atoms with Crippen LogP contribution in [-0.2, 0) is 25.9 Å². The zero-order chi connectivity index (χ0) is 30.4. The van der Waals surface area contributed by atoms with Crippen molar-refractivity contribution in [1.29, 1.82) is 0 Å². The summed E-state index contributed by atoms with van der Waals surface area (Å²) in [5, 5.41) is 3.44. The van der Waals surface area contributed by atoms with Crippen molar-refractivity contribution in [3.63, 3.8) is 0 Å². The Morgan fingerprint density at radius 3 is 2.44 bits per heavy atom. The molecule has 224 valence electrons. The summed E-state index contributed by atoms with van der Waals surface area (Å²) in [7, 11) is -1.86. The van der Waals surface area contributed by atoms with Gasteiger partial charge in [0.1, 0.15) is 17.3 Å². The summed E-state index contributed by atoms with van der Waals surface area (Å²) >= 11 is 12.1. The van der Waals surface area contributed by atoms with Gasteiger partial charge in [-0.1, -0.05) is 47.5 Å². The molecule has 1 aliphatic rings. The number of ether oxygens (including phenoxy) is 1. The van der Waals surface area contributed by atoms with Crippen LogP contribution in [-0.4, -0.2) is 74.2 Å². The number of halogens is 2. The molecule has 2 aromatic carbocycles. The molecule has 0 saturated carbocycles. The summed E-state index contributed by atoms with van der Waals surface area (Å²) in [6, 6.07) is 10.6. The van der Waals surface area contributed by atoms with Crippen molar-refractivity contribution in [3.05, 3.63) is 63.1 Å². The number of unbranched alkanes of at least 4 members (excludes halogenated alkanes) is 1. The lowest BCUT2D eigenvalue weighted by Crippen LogP contribution is -2.39. The predicted octanol–water partition coefficient (Wildman–Crippen LogP) is 5.45. The molecular weight excluding hydrogens is 587 g/mol. The van der Waals surface area contributed by atoms with Crippen molar-refractivity contribution in [3.8, 4) is 0 Å². The van der Waals surface area contributed by atoms with Crippen LogP contribution in [0.15, 0.2) is 46.3 Å². The van der Waals surface area contributed by atoms with Crippen LogP contribution < -0.4 is 5.32 Å². The van der Waals surface area contributed by atoms with Gasteiger partial charge < -0.3 is 15.0 Å². The molecule has 41 heavy (non-hydrogen) atoms. The number of nitrogens with zero attached hydrogens (tertiary/aromatic N) is 3. The first kappa shape index (κ1) is 32.8. The molecule has 0 radical (unpaired) electrons. The number of carbonyl (C=O) groups is 2. The molecule has 0 spiro atoms. The molecule has 0 aromatic heterocycles. The molecule has 0 saturated heterocycles. The number of aliphatic imine (C=N–C) groups is 1. The quantitative estimate of drug-likeness (QED) is 0.333. The monoisotopic (exact) mass is 624 g/mol. The summed E-state index contributed by atoms with van der Waals surface area (Å²) in [6.45, 7) is 9.10. The van der Waals surface area contributed by atoms with Gasteiger partial charge in [0, 0.05) is 30.6 Å². The average Bonchev–Trinajstić information content (AvgIpc) is 3.38. The molecule has 1 heterocycles. The van der Waals surface area contributed by atoms with Crippen molar-refractivity contribution < 1.29 is 22.7 Å². The van der Waals surface area contributed by atoms with Crippen LogP contribution in [0, 0.1) is 6.92 Å². The summed E-state index contributed by atoms with van der Waals surface area (Å²) < 4.78 is 30.8. The molecule has 2 amide bonds. The molecule has 2 aromatic rings. The van der Waals surface area contributed by atoms with Crippen LogP contribution >= 0.6 is 23.2 Å². The zero-order valence-corrected chi connectivity index (χ0v) is 26.5. The van der Waals surface area contributed by atoms with E-state index in [2.05, 4.69) is 10.3 Å². The summed E-state index contributed by atoms with van der Waals surface area (Å²) in [4.78, 5) is 32.9. The summed E-state index contributed by atoms with van der Waals surface area (Å²) in [5.41, 5.74) is 1.82. The van der Waals surface area contributed by atoms with Gasteiger partial charge in [0.2, 0.25) is 5.91 Å². The number of sulfone groups is 1. The summed E-state index contributed by atoms with van der Waals surface area (Å²) in [5.74, 6) is 0.337. The Morgan fingerprint density at radius 1 is 1.10 bits per heavy atom. The van der Waals surface area contributed by atoms with Gasteiger partial charge in [0.25, 0.3) is 0 Å². The van der Waals surface area contributed by atoms with E-state index in [1.54, 1.807) is 23.8 Å². The van der Waals surface area contributed by atoms with E-state index in [4.69, 9.17) is 27.9 Å². The van der Waals surface area contributed by atoms with Crippen molar-refractivity contribution in [1.82, 2.24) is 15.1 Å². The topological polar surface area (TPSA) is 108 Å². The number of benzene rings is 2. The van der Waals surface area contributed by atoms with Gasteiger partial charge in [-0.3, -0.25) is 14.7 Å². The van der Waals surface area contributed by atoms with Gasteiger partial charge in [0.05, 0.1) is 23.0 Å². The first-order valence-electron chi connectivity index (χ1n) is 13.5. The second-order valence-electron chi connectivity index (χ2n) is 11.0. The standard InChI is InChI=1S/C29H38Cl2N4O5S/c1-20-16-25(24(31)17-23(20)30)41(38,39)19-32-13-7-6-8-26(36)34(5)18-21-9-11-22(12-10-21)27-33-14-15-35(27)28(37)40-29(2,3)4/h9-12,16-17,32H,6-8,13-15,18-19H2,1-5H3. The van der Waals surface area contributed by atoms with Gasteiger partial charge in [0.15, 0.2) is 9.84 Å².